The summed E-state index contributed by atoms with van der Waals surface area (Å²) in [5.74, 6) is -3.58. The molecule has 0 spiro atoms. The SMILES string of the molecule is CNCCN(C)C(=O)SSCC(NC(C)=O)C(=O)OC.O=C([O-])C(F)(F)F. The lowest BCUT2D eigenvalue weighted by Crippen LogP contribution is -2.42. The minimum absolute atomic E-state index is 0.100. The highest BCUT2D eigenvalue weighted by Crippen LogP contribution is 2.25. The van der Waals surface area contributed by atoms with Crippen molar-refractivity contribution in [2.45, 2.75) is 19.1 Å². The number of rotatable bonds is 8. The van der Waals surface area contributed by atoms with E-state index in [1.807, 2.05) is 7.05 Å². The third-order valence-corrected chi connectivity index (χ3v) is 4.70. The van der Waals surface area contributed by atoms with Crippen LogP contribution in [0.3, 0.4) is 0 Å². The lowest BCUT2D eigenvalue weighted by atomic mass is 10.3. The van der Waals surface area contributed by atoms with Gasteiger partial charge in [0, 0.05) is 43.6 Å². The molecule has 0 saturated heterocycles. The lowest BCUT2D eigenvalue weighted by molar-refractivity contribution is -0.344. The predicted octanol–water partition coefficient (Wildman–Crippen LogP) is -0.385. The first-order chi connectivity index (χ1) is 12.4. The molecule has 0 fully saturated rings. The summed E-state index contributed by atoms with van der Waals surface area (Å²) in [6.07, 6.45) is -5.19. The number of carboxylic acid groups (broad SMARTS) is 1. The molecular weight excluding hydrogens is 415 g/mol. The highest BCUT2D eigenvalue weighted by atomic mass is 33.1. The molecule has 14 heteroatoms. The predicted molar refractivity (Wildman–Crippen MR) is 92.7 cm³/mol. The molecule has 2 amide bonds. The van der Waals surface area contributed by atoms with Gasteiger partial charge in [-0.3, -0.25) is 9.59 Å². The highest BCUT2D eigenvalue weighted by Gasteiger charge is 2.28. The van der Waals surface area contributed by atoms with Crippen molar-refractivity contribution < 1.29 is 42.2 Å². The third-order valence-electron chi connectivity index (χ3n) is 2.47. The molecule has 0 aliphatic heterocycles. The average Bonchev–Trinajstić information content (AvgIpc) is 2.57. The maximum Gasteiger partial charge on any atom is 0.430 e. The number of carboxylic acids is 1. The van der Waals surface area contributed by atoms with Crippen molar-refractivity contribution >= 4 is 44.7 Å². The van der Waals surface area contributed by atoms with Gasteiger partial charge in [0.2, 0.25) is 5.91 Å². The molecule has 0 rings (SSSR count). The van der Waals surface area contributed by atoms with Gasteiger partial charge in [0.1, 0.15) is 12.0 Å². The van der Waals surface area contributed by atoms with E-state index >= 15 is 0 Å². The van der Waals surface area contributed by atoms with Gasteiger partial charge in [-0.05, 0) is 7.05 Å². The van der Waals surface area contributed by atoms with Gasteiger partial charge in [0.25, 0.3) is 5.24 Å². The van der Waals surface area contributed by atoms with Gasteiger partial charge in [-0.15, -0.1) is 0 Å². The van der Waals surface area contributed by atoms with Crippen LogP contribution in [0.15, 0.2) is 0 Å². The summed E-state index contributed by atoms with van der Waals surface area (Å²) in [6.45, 7) is 2.64. The fourth-order valence-corrected chi connectivity index (χ4v) is 3.18. The number of hydrogen-bond acceptors (Lipinski definition) is 9. The number of alkyl halides is 3. The minimum Gasteiger partial charge on any atom is -0.542 e. The second-order valence-electron chi connectivity index (χ2n) is 4.72. The zero-order valence-corrected chi connectivity index (χ0v) is 16.7. The van der Waals surface area contributed by atoms with Gasteiger partial charge in [-0.2, -0.15) is 13.2 Å². The van der Waals surface area contributed by atoms with Gasteiger partial charge < -0.3 is 30.2 Å². The molecule has 0 radical (unpaired) electrons. The van der Waals surface area contributed by atoms with Crippen molar-refractivity contribution in [2.24, 2.45) is 0 Å². The maximum atomic E-state index is 11.7. The second kappa shape index (κ2) is 14.4. The Labute approximate surface area is 162 Å². The number of carbonyl (C=O) groups excluding carboxylic acids is 4. The van der Waals surface area contributed by atoms with Crippen LogP contribution in [-0.4, -0.2) is 80.3 Å². The third kappa shape index (κ3) is 15.1. The van der Waals surface area contributed by atoms with E-state index in [2.05, 4.69) is 15.4 Å². The maximum absolute atomic E-state index is 11.7. The quantitative estimate of drug-likeness (QED) is 0.386. The number of esters is 1. The topological polar surface area (TPSA) is 128 Å². The number of likely N-dealkylation sites (N-methyl/N-ethyl adjacent to an activating group) is 2. The normalized spacial score (nSPS) is 11.5. The summed E-state index contributed by atoms with van der Waals surface area (Å²) in [5, 5.41) is 14.1. The number of halogens is 3. The summed E-state index contributed by atoms with van der Waals surface area (Å²) in [5.41, 5.74) is 0. The molecule has 1 unspecified atom stereocenters. The summed E-state index contributed by atoms with van der Waals surface area (Å²) in [6, 6.07) is -0.745. The van der Waals surface area contributed by atoms with Crippen molar-refractivity contribution in [2.75, 3.05) is 40.0 Å². The average molecular weight is 436 g/mol. The van der Waals surface area contributed by atoms with Crippen LogP contribution in [0.5, 0.6) is 0 Å². The summed E-state index contributed by atoms with van der Waals surface area (Å²) in [4.78, 5) is 44.5. The Kier molecular flexibility index (Phi) is 14.7. The number of hydrogen-bond donors (Lipinski definition) is 2. The number of carbonyl (C=O) groups is 4. The number of nitrogens with one attached hydrogen (secondary N) is 2. The first-order valence-corrected chi connectivity index (χ1v) is 9.50. The Hall–Kier alpha value is -1.67. The molecular formula is C13H21F3N3O6S2-. The molecule has 0 saturated carbocycles. The first-order valence-electron chi connectivity index (χ1n) is 7.19. The van der Waals surface area contributed by atoms with Crippen LogP contribution in [0.2, 0.25) is 0 Å². The van der Waals surface area contributed by atoms with Crippen LogP contribution in [0.25, 0.3) is 0 Å². The molecule has 0 aromatic rings. The molecule has 0 aliphatic carbocycles. The Morgan fingerprint density at radius 1 is 1.26 bits per heavy atom. The van der Waals surface area contributed by atoms with E-state index in [-0.39, 0.29) is 16.9 Å². The molecule has 0 aromatic heterocycles. The Morgan fingerprint density at radius 3 is 2.15 bits per heavy atom. The number of ether oxygens (including phenoxy) is 1. The number of methoxy groups -OCH3 is 1. The van der Waals surface area contributed by atoms with Gasteiger partial charge >= 0.3 is 12.1 Å². The minimum atomic E-state index is -5.19. The van der Waals surface area contributed by atoms with Crippen LogP contribution >= 0.6 is 21.6 Å². The van der Waals surface area contributed by atoms with E-state index in [0.717, 1.165) is 10.8 Å². The zero-order chi connectivity index (χ0) is 21.6. The van der Waals surface area contributed by atoms with Gasteiger partial charge in [0.05, 0.1) is 7.11 Å². The van der Waals surface area contributed by atoms with Crippen molar-refractivity contribution in [3.05, 3.63) is 0 Å². The summed E-state index contributed by atoms with van der Waals surface area (Å²) >= 11 is 0. The fourth-order valence-electron chi connectivity index (χ4n) is 1.14. The molecule has 0 aliphatic rings. The summed E-state index contributed by atoms with van der Waals surface area (Å²) < 4.78 is 36.1. The molecule has 2 N–H and O–H groups in total. The second-order valence-corrected chi connectivity index (χ2v) is 7.01. The number of nitrogens with zero attached hydrogens (tertiary/aromatic N) is 1. The van der Waals surface area contributed by atoms with Crippen molar-refractivity contribution in [1.82, 2.24) is 15.5 Å². The fraction of sp³-hybridized carbons (Fsp3) is 0.692. The van der Waals surface area contributed by atoms with E-state index in [1.54, 1.807) is 11.9 Å². The van der Waals surface area contributed by atoms with E-state index in [4.69, 9.17) is 9.90 Å². The van der Waals surface area contributed by atoms with Gasteiger partial charge in [0.15, 0.2) is 0 Å². The molecule has 158 valence electrons. The van der Waals surface area contributed by atoms with Crippen molar-refractivity contribution in [1.29, 1.82) is 0 Å². The van der Waals surface area contributed by atoms with E-state index < -0.39 is 24.2 Å². The largest absolute Gasteiger partial charge is 0.542 e. The van der Waals surface area contributed by atoms with Crippen LogP contribution in [0.4, 0.5) is 18.0 Å². The summed E-state index contributed by atoms with van der Waals surface area (Å²) in [7, 11) is 7.02. The van der Waals surface area contributed by atoms with E-state index in [9.17, 15) is 27.6 Å². The van der Waals surface area contributed by atoms with Gasteiger partial charge in [-0.1, -0.05) is 10.8 Å². The zero-order valence-electron chi connectivity index (χ0n) is 15.0. The molecule has 1 atom stereocenters. The van der Waals surface area contributed by atoms with E-state index in [0.29, 0.717) is 13.1 Å². The van der Waals surface area contributed by atoms with Crippen LogP contribution in [-0.2, 0) is 19.1 Å². The molecule has 9 nitrogen and oxygen atoms in total. The standard InChI is InChI=1S/C11H21N3O4S2.C2HF3O2/c1-8(15)13-9(10(16)18-4)7-19-20-11(17)14(3)6-5-12-2;3-2(4,5)1(6)7/h9,12H,5-7H2,1-4H3,(H,13,15);(H,6,7)/p-1. The molecule has 27 heavy (non-hydrogen) atoms. The molecule has 0 heterocycles. The molecule has 0 aromatic carbocycles. The van der Waals surface area contributed by atoms with Crippen LogP contribution in [0.1, 0.15) is 6.92 Å². The van der Waals surface area contributed by atoms with Crippen molar-refractivity contribution in [3.8, 4) is 0 Å². The lowest BCUT2D eigenvalue weighted by Gasteiger charge is -2.17. The van der Waals surface area contributed by atoms with Crippen molar-refractivity contribution in [3.63, 3.8) is 0 Å². The van der Waals surface area contributed by atoms with Gasteiger partial charge in [-0.25, -0.2) is 4.79 Å². The Bertz CT molecular complexity index is 508. The van der Waals surface area contributed by atoms with Crippen LogP contribution in [0, 0.1) is 0 Å². The highest BCUT2D eigenvalue weighted by molar-refractivity contribution is 8.82. The Morgan fingerprint density at radius 2 is 1.78 bits per heavy atom. The first kappa shape index (κ1) is 27.5. The number of aliphatic carboxylic acids is 1. The monoisotopic (exact) mass is 436 g/mol. The number of amides is 2. The van der Waals surface area contributed by atoms with Crippen LogP contribution < -0.4 is 15.7 Å². The Balaban J connectivity index is 0. The molecule has 0 bridgehead atoms. The smallest absolute Gasteiger partial charge is 0.430 e. The van der Waals surface area contributed by atoms with E-state index in [1.165, 1.54) is 24.8 Å².